The fourth-order valence-electron chi connectivity index (χ4n) is 1.49. The molecule has 6 heteroatoms. The predicted octanol–water partition coefficient (Wildman–Crippen LogP) is 1.72. The zero-order valence-electron chi connectivity index (χ0n) is 11.7. The zero-order valence-corrected chi connectivity index (χ0v) is 12.5. The van der Waals surface area contributed by atoms with Crippen LogP contribution in [0.5, 0.6) is 0 Å². The maximum Gasteiger partial charge on any atom is 0.313 e. The number of anilines is 1. The molecule has 20 heavy (non-hydrogen) atoms. The lowest BCUT2D eigenvalue weighted by atomic mass is 10.1. The van der Waals surface area contributed by atoms with E-state index in [0.29, 0.717) is 16.3 Å². The van der Waals surface area contributed by atoms with Gasteiger partial charge >= 0.3 is 11.8 Å². The average Bonchev–Trinajstić information content (AvgIpc) is 2.42. The van der Waals surface area contributed by atoms with Crippen LogP contribution in [0.2, 0.25) is 5.02 Å². The number of halogens is 1. The number of carbonyl (C=O) groups excluding carboxylic acids is 2. The van der Waals surface area contributed by atoms with Gasteiger partial charge in [-0.15, -0.1) is 0 Å². The van der Waals surface area contributed by atoms with Gasteiger partial charge in [0.2, 0.25) is 0 Å². The van der Waals surface area contributed by atoms with Crippen LogP contribution < -0.4 is 10.6 Å². The van der Waals surface area contributed by atoms with Crippen LogP contribution in [0.15, 0.2) is 18.2 Å². The summed E-state index contributed by atoms with van der Waals surface area (Å²) in [6.45, 7) is 5.21. The lowest BCUT2D eigenvalue weighted by Gasteiger charge is -2.19. The van der Waals surface area contributed by atoms with Gasteiger partial charge in [0.1, 0.15) is 0 Å². The van der Waals surface area contributed by atoms with Crippen molar-refractivity contribution in [2.75, 3.05) is 11.9 Å². The number of carbonyl (C=O) groups is 2. The highest BCUT2D eigenvalue weighted by atomic mass is 35.5. The third-order valence-corrected chi connectivity index (χ3v) is 3.63. The smallest absolute Gasteiger partial charge is 0.313 e. The van der Waals surface area contributed by atoms with E-state index in [-0.39, 0.29) is 18.6 Å². The normalized spacial score (nSPS) is 13.4. The molecule has 0 spiro atoms. The van der Waals surface area contributed by atoms with E-state index in [4.69, 9.17) is 16.7 Å². The Morgan fingerprint density at radius 2 is 1.95 bits per heavy atom. The molecule has 1 aromatic rings. The van der Waals surface area contributed by atoms with E-state index in [1.54, 1.807) is 39.0 Å². The summed E-state index contributed by atoms with van der Waals surface area (Å²) in [4.78, 5) is 23.5. The molecule has 0 heterocycles. The zero-order chi connectivity index (χ0) is 15.3. The van der Waals surface area contributed by atoms with Crippen molar-refractivity contribution >= 4 is 29.1 Å². The first kappa shape index (κ1) is 16.5. The first-order valence-corrected chi connectivity index (χ1v) is 6.72. The molecule has 0 fully saturated rings. The summed E-state index contributed by atoms with van der Waals surface area (Å²) in [5, 5.41) is 14.6. The van der Waals surface area contributed by atoms with Crippen LogP contribution in [0.1, 0.15) is 19.4 Å². The number of nitrogens with one attached hydrogen (secondary N) is 2. The first-order chi connectivity index (χ1) is 9.36. The quantitative estimate of drug-likeness (QED) is 0.741. The number of rotatable bonds is 4. The van der Waals surface area contributed by atoms with Crippen molar-refractivity contribution in [3.8, 4) is 0 Å². The Morgan fingerprint density at radius 1 is 1.30 bits per heavy atom. The summed E-state index contributed by atoms with van der Waals surface area (Å²) >= 11 is 5.94. The van der Waals surface area contributed by atoms with Crippen molar-refractivity contribution in [1.82, 2.24) is 5.32 Å². The van der Waals surface area contributed by atoms with Crippen molar-refractivity contribution < 1.29 is 14.7 Å². The Morgan fingerprint density at radius 3 is 2.55 bits per heavy atom. The van der Waals surface area contributed by atoms with E-state index in [0.717, 1.165) is 0 Å². The molecule has 0 radical (unpaired) electrons. The van der Waals surface area contributed by atoms with Crippen LogP contribution in [-0.4, -0.2) is 29.6 Å². The second-order valence-electron chi connectivity index (χ2n) is 4.79. The molecule has 0 saturated heterocycles. The van der Waals surface area contributed by atoms with E-state index < -0.39 is 11.8 Å². The highest BCUT2D eigenvalue weighted by Crippen LogP contribution is 2.22. The van der Waals surface area contributed by atoms with Gasteiger partial charge in [0.15, 0.2) is 0 Å². The predicted molar refractivity (Wildman–Crippen MR) is 78.7 cm³/mol. The minimum atomic E-state index is -0.757. The molecule has 3 N–H and O–H groups in total. The van der Waals surface area contributed by atoms with Gasteiger partial charge in [-0.1, -0.05) is 24.6 Å². The number of hydrogen-bond donors (Lipinski definition) is 3. The largest absolute Gasteiger partial charge is 0.396 e. The summed E-state index contributed by atoms with van der Waals surface area (Å²) in [7, 11) is 0. The summed E-state index contributed by atoms with van der Waals surface area (Å²) in [6.07, 6.45) is 0. The molecule has 1 aromatic carbocycles. The SMILES string of the molecule is Cc1c(Cl)cccc1NC(=O)C(=O)NC(C)C(C)CO. The van der Waals surface area contributed by atoms with Crippen LogP contribution >= 0.6 is 11.6 Å². The first-order valence-electron chi connectivity index (χ1n) is 6.34. The van der Waals surface area contributed by atoms with Gasteiger partial charge in [-0.3, -0.25) is 9.59 Å². The Bertz CT molecular complexity index is 505. The number of aliphatic hydroxyl groups excluding tert-OH is 1. The standard InChI is InChI=1S/C14H19ClN2O3/c1-8(7-18)10(3)16-13(19)14(20)17-12-6-4-5-11(15)9(12)2/h4-6,8,10,18H,7H2,1-3H3,(H,16,19)(H,17,20). The van der Waals surface area contributed by atoms with E-state index in [2.05, 4.69) is 10.6 Å². The number of amides is 2. The summed E-state index contributed by atoms with van der Waals surface area (Å²) < 4.78 is 0. The molecule has 2 unspecified atom stereocenters. The van der Waals surface area contributed by atoms with Crippen molar-refractivity contribution in [1.29, 1.82) is 0 Å². The van der Waals surface area contributed by atoms with E-state index in [1.807, 2.05) is 0 Å². The van der Waals surface area contributed by atoms with Crippen molar-refractivity contribution in [3.05, 3.63) is 28.8 Å². The molecule has 0 aliphatic heterocycles. The van der Waals surface area contributed by atoms with Crippen LogP contribution in [0, 0.1) is 12.8 Å². The molecule has 0 saturated carbocycles. The van der Waals surface area contributed by atoms with Gasteiger partial charge in [-0.2, -0.15) is 0 Å². The molecule has 0 aromatic heterocycles. The Hall–Kier alpha value is -1.59. The summed E-state index contributed by atoms with van der Waals surface area (Å²) in [5.74, 6) is -1.62. The summed E-state index contributed by atoms with van der Waals surface area (Å²) in [6, 6.07) is 4.78. The second-order valence-corrected chi connectivity index (χ2v) is 5.20. The number of aliphatic hydroxyl groups is 1. The van der Waals surface area contributed by atoms with Crippen molar-refractivity contribution in [2.24, 2.45) is 5.92 Å². The van der Waals surface area contributed by atoms with Crippen molar-refractivity contribution in [3.63, 3.8) is 0 Å². The Labute approximate surface area is 123 Å². The molecule has 0 aliphatic rings. The average molecular weight is 299 g/mol. The van der Waals surface area contributed by atoms with Gasteiger partial charge in [-0.05, 0) is 37.5 Å². The lowest BCUT2D eigenvalue weighted by Crippen LogP contribution is -2.44. The second kappa shape index (κ2) is 7.26. The molecular weight excluding hydrogens is 280 g/mol. The fraction of sp³-hybridized carbons (Fsp3) is 0.429. The van der Waals surface area contributed by atoms with E-state index in [9.17, 15) is 9.59 Å². The van der Waals surface area contributed by atoms with Gasteiger partial charge in [0.05, 0.1) is 0 Å². The molecule has 5 nitrogen and oxygen atoms in total. The van der Waals surface area contributed by atoms with Gasteiger partial charge in [0.25, 0.3) is 0 Å². The Kier molecular flexibility index (Phi) is 5.98. The maximum atomic E-state index is 11.8. The highest BCUT2D eigenvalue weighted by molar-refractivity contribution is 6.40. The molecule has 110 valence electrons. The third kappa shape index (κ3) is 4.21. The number of benzene rings is 1. The van der Waals surface area contributed by atoms with E-state index in [1.165, 1.54) is 0 Å². The van der Waals surface area contributed by atoms with Crippen LogP contribution in [-0.2, 0) is 9.59 Å². The third-order valence-electron chi connectivity index (χ3n) is 3.22. The van der Waals surface area contributed by atoms with Crippen molar-refractivity contribution in [2.45, 2.75) is 26.8 Å². The van der Waals surface area contributed by atoms with Crippen LogP contribution in [0.3, 0.4) is 0 Å². The summed E-state index contributed by atoms with van der Waals surface area (Å²) in [5.41, 5.74) is 1.20. The molecule has 0 bridgehead atoms. The molecule has 0 aliphatic carbocycles. The highest BCUT2D eigenvalue weighted by Gasteiger charge is 2.20. The monoisotopic (exact) mass is 298 g/mol. The van der Waals surface area contributed by atoms with Gasteiger partial charge < -0.3 is 15.7 Å². The minimum absolute atomic E-state index is 0.0591. The maximum absolute atomic E-state index is 11.8. The van der Waals surface area contributed by atoms with Crippen LogP contribution in [0.25, 0.3) is 0 Å². The number of hydrogen-bond acceptors (Lipinski definition) is 3. The fourth-order valence-corrected chi connectivity index (χ4v) is 1.67. The Balaban J connectivity index is 2.67. The molecule has 2 amide bonds. The van der Waals surface area contributed by atoms with E-state index >= 15 is 0 Å². The molecule has 2 atom stereocenters. The lowest BCUT2D eigenvalue weighted by molar-refractivity contribution is -0.136. The van der Waals surface area contributed by atoms with Crippen LogP contribution in [0.4, 0.5) is 5.69 Å². The molecule has 1 rings (SSSR count). The van der Waals surface area contributed by atoms with Gasteiger partial charge in [-0.25, -0.2) is 0 Å². The van der Waals surface area contributed by atoms with Gasteiger partial charge in [0, 0.05) is 23.4 Å². The molecular formula is C14H19ClN2O3. The minimum Gasteiger partial charge on any atom is -0.396 e. The topological polar surface area (TPSA) is 78.4 Å².